The molecule has 0 bridgehead atoms. The molecule has 0 amide bonds. The van der Waals surface area contributed by atoms with Crippen LogP contribution in [0.15, 0.2) is 12.7 Å². The van der Waals surface area contributed by atoms with Crippen molar-refractivity contribution in [1.29, 1.82) is 0 Å². The van der Waals surface area contributed by atoms with Crippen molar-refractivity contribution in [3.8, 4) is 0 Å². The third kappa shape index (κ3) is 3.81. The molecule has 1 unspecified atom stereocenters. The quantitative estimate of drug-likeness (QED) is 0.505. The molecule has 0 aromatic carbocycles. The van der Waals surface area contributed by atoms with Crippen LogP contribution in [0, 0.1) is 5.92 Å². The van der Waals surface area contributed by atoms with Gasteiger partial charge in [0.1, 0.15) is 12.2 Å². The molecule has 1 atom stereocenters. The number of rotatable bonds is 5. The summed E-state index contributed by atoms with van der Waals surface area (Å²) < 4.78 is 10.0. The minimum atomic E-state index is -0.622. The number of hydrogen-bond donors (Lipinski definition) is 0. The van der Waals surface area contributed by atoms with Gasteiger partial charge in [0.2, 0.25) is 0 Å². The van der Waals surface area contributed by atoms with Crippen LogP contribution in [0.1, 0.15) is 34.1 Å². The van der Waals surface area contributed by atoms with E-state index in [1.807, 2.05) is 27.7 Å². The summed E-state index contributed by atoms with van der Waals surface area (Å²) in [5.74, 6) is 0.267. The Labute approximate surface area is 86.1 Å². The van der Waals surface area contributed by atoms with E-state index in [0.717, 1.165) is 6.42 Å². The number of carbonyl (C=O) groups is 1. The van der Waals surface area contributed by atoms with Crippen LogP contribution in [-0.4, -0.2) is 18.4 Å². The van der Waals surface area contributed by atoms with Crippen molar-refractivity contribution < 1.29 is 14.3 Å². The van der Waals surface area contributed by atoms with E-state index >= 15 is 0 Å². The maximum absolute atomic E-state index is 11.2. The molecular formula is C11H20O3. The van der Waals surface area contributed by atoms with E-state index in [-0.39, 0.29) is 12.5 Å². The van der Waals surface area contributed by atoms with E-state index in [1.54, 1.807) is 0 Å². The molecule has 0 spiro atoms. The Bertz CT molecular complexity index is 199. The van der Waals surface area contributed by atoms with Gasteiger partial charge in [0.05, 0.1) is 0 Å². The van der Waals surface area contributed by atoms with Gasteiger partial charge in [-0.05, 0) is 19.3 Å². The molecule has 14 heavy (non-hydrogen) atoms. The molecule has 0 aliphatic carbocycles. The van der Waals surface area contributed by atoms with Crippen LogP contribution in [0.2, 0.25) is 0 Å². The van der Waals surface area contributed by atoms with E-state index in [0.29, 0.717) is 0 Å². The Kier molecular flexibility index (Phi) is 5.28. The van der Waals surface area contributed by atoms with Crippen LogP contribution in [0.3, 0.4) is 0 Å². The van der Waals surface area contributed by atoms with Gasteiger partial charge in [-0.1, -0.05) is 33.4 Å². The van der Waals surface area contributed by atoms with Crippen molar-refractivity contribution in [2.75, 3.05) is 6.61 Å². The lowest BCUT2D eigenvalue weighted by atomic mass is 9.90. The van der Waals surface area contributed by atoms with Crippen molar-refractivity contribution in [2.45, 2.75) is 39.7 Å². The van der Waals surface area contributed by atoms with Gasteiger partial charge in [-0.25, -0.2) is 4.79 Å². The highest BCUT2D eigenvalue weighted by atomic mass is 16.7. The molecule has 0 rings (SSSR count). The number of ether oxygens (including phenoxy) is 2. The Morgan fingerprint density at radius 2 is 2.14 bits per heavy atom. The van der Waals surface area contributed by atoms with E-state index < -0.39 is 11.8 Å². The third-order valence-corrected chi connectivity index (χ3v) is 2.56. The average Bonchev–Trinajstić information content (AvgIpc) is 2.14. The predicted octanol–water partition coefficient (Wildman–Crippen LogP) is 3.15. The highest BCUT2D eigenvalue weighted by Crippen LogP contribution is 2.25. The van der Waals surface area contributed by atoms with Crippen LogP contribution in [0.5, 0.6) is 0 Å². The Hall–Kier alpha value is -0.990. The monoisotopic (exact) mass is 200 g/mol. The molecule has 0 fully saturated rings. The van der Waals surface area contributed by atoms with Crippen LogP contribution < -0.4 is 0 Å². The van der Waals surface area contributed by atoms with Gasteiger partial charge in [0, 0.05) is 0 Å². The zero-order valence-electron chi connectivity index (χ0n) is 9.50. The molecule has 0 aliphatic rings. The van der Waals surface area contributed by atoms with E-state index in [4.69, 9.17) is 9.47 Å². The normalized spacial score (nSPS) is 14.6. The van der Waals surface area contributed by atoms with Crippen molar-refractivity contribution in [3.63, 3.8) is 0 Å². The predicted molar refractivity (Wildman–Crippen MR) is 56.2 cm³/mol. The molecule has 0 aromatic rings. The number of carbonyl (C=O) groups excluding carboxylic acids is 1. The summed E-state index contributed by atoms with van der Waals surface area (Å²) in [4.78, 5) is 11.2. The van der Waals surface area contributed by atoms with E-state index in [2.05, 4.69) is 6.58 Å². The number of hydrogen-bond acceptors (Lipinski definition) is 3. The molecule has 0 aromatic heterocycles. The van der Waals surface area contributed by atoms with Crippen LogP contribution in [-0.2, 0) is 9.47 Å². The highest BCUT2D eigenvalue weighted by molar-refractivity contribution is 5.60. The largest absolute Gasteiger partial charge is 0.509 e. The summed E-state index contributed by atoms with van der Waals surface area (Å²) in [6.07, 6.45) is 1.66. The second-order valence-corrected chi connectivity index (χ2v) is 3.77. The smallest absolute Gasteiger partial charge is 0.430 e. The maximum atomic E-state index is 11.2. The second-order valence-electron chi connectivity index (χ2n) is 3.77. The third-order valence-electron chi connectivity index (χ3n) is 2.56. The lowest BCUT2D eigenvalue weighted by molar-refractivity contribution is -0.0494. The lowest BCUT2D eigenvalue weighted by Gasteiger charge is -2.31. The summed E-state index contributed by atoms with van der Waals surface area (Å²) >= 11 is 0. The Morgan fingerprint density at radius 1 is 1.57 bits per heavy atom. The van der Waals surface area contributed by atoms with E-state index in [9.17, 15) is 4.79 Å². The molecule has 0 aliphatic heterocycles. The standard InChI is InChI=1S/C11H20O3/c1-6-8-13-10(12)14-11(5,7-2)9(3)4/h6,9H,1,7-8H2,2-5H3. The van der Waals surface area contributed by atoms with Gasteiger partial charge in [0.25, 0.3) is 0 Å². The fourth-order valence-corrected chi connectivity index (χ4v) is 0.945. The van der Waals surface area contributed by atoms with Crippen molar-refractivity contribution >= 4 is 6.16 Å². The summed E-state index contributed by atoms with van der Waals surface area (Å²) in [6, 6.07) is 0. The topological polar surface area (TPSA) is 35.5 Å². The van der Waals surface area contributed by atoms with Crippen molar-refractivity contribution in [2.24, 2.45) is 5.92 Å². The molecule has 0 radical (unpaired) electrons. The molecule has 3 heteroatoms. The molecular weight excluding hydrogens is 180 g/mol. The molecule has 82 valence electrons. The zero-order chi connectivity index (χ0) is 11.2. The fourth-order valence-electron chi connectivity index (χ4n) is 0.945. The minimum Gasteiger partial charge on any atom is -0.430 e. The van der Waals surface area contributed by atoms with Crippen molar-refractivity contribution in [1.82, 2.24) is 0 Å². The zero-order valence-corrected chi connectivity index (χ0v) is 9.50. The molecule has 0 saturated carbocycles. The van der Waals surface area contributed by atoms with Crippen LogP contribution in [0.25, 0.3) is 0 Å². The summed E-state index contributed by atoms with van der Waals surface area (Å²) in [5, 5.41) is 0. The van der Waals surface area contributed by atoms with Gasteiger partial charge >= 0.3 is 6.16 Å². The maximum Gasteiger partial charge on any atom is 0.509 e. The molecule has 0 saturated heterocycles. The second kappa shape index (κ2) is 5.68. The SMILES string of the molecule is C=CCOC(=O)OC(C)(CC)C(C)C. The summed E-state index contributed by atoms with van der Waals surface area (Å²) in [5.41, 5.74) is -0.446. The molecule has 0 heterocycles. The first-order valence-electron chi connectivity index (χ1n) is 4.93. The summed E-state index contributed by atoms with van der Waals surface area (Å²) in [6.45, 7) is 11.6. The van der Waals surface area contributed by atoms with Gasteiger partial charge in [-0.3, -0.25) is 0 Å². The lowest BCUT2D eigenvalue weighted by Crippen LogP contribution is -2.36. The first-order chi connectivity index (χ1) is 6.46. The van der Waals surface area contributed by atoms with Gasteiger partial charge in [-0.2, -0.15) is 0 Å². The van der Waals surface area contributed by atoms with Gasteiger partial charge < -0.3 is 9.47 Å². The first-order valence-corrected chi connectivity index (χ1v) is 4.93. The van der Waals surface area contributed by atoms with Crippen LogP contribution >= 0.6 is 0 Å². The van der Waals surface area contributed by atoms with Gasteiger partial charge in [0.15, 0.2) is 0 Å². The Morgan fingerprint density at radius 3 is 2.50 bits per heavy atom. The average molecular weight is 200 g/mol. The first kappa shape index (κ1) is 13.0. The Balaban J connectivity index is 4.17. The van der Waals surface area contributed by atoms with E-state index in [1.165, 1.54) is 6.08 Å². The minimum absolute atomic E-state index is 0.191. The fraction of sp³-hybridized carbons (Fsp3) is 0.727. The molecule has 0 N–H and O–H groups in total. The van der Waals surface area contributed by atoms with Crippen LogP contribution in [0.4, 0.5) is 4.79 Å². The van der Waals surface area contributed by atoms with Gasteiger partial charge in [-0.15, -0.1) is 0 Å². The highest BCUT2D eigenvalue weighted by Gasteiger charge is 2.31. The summed E-state index contributed by atoms with van der Waals surface area (Å²) in [7, 11) is 0. The molecule has 3 nitrogen and oxygen atoms in total. The van der Waals surface area contributed by atoms with Crippen molar-refractivity contribution in [3.05, 3.63) is 12.7 Å².